The SMILES string of the molecule is CCNC(=O)c1cc(C(=O)O)c(OC)c(C2CCOC2)c1OC(=O)c1ccccc1. The third-order valence-electron chi connectivity index (χ3n) is 4.83. The van der Waals surface area contributed by atoms with Gasteiger partial charge in [0, 0.05) is 24.6 Å². The number of carboxylic acid groups (broad SMARTS) is 1. The number of hydrogen-bond donors (Lipinski definition) is 2. The standard InChI is InChI=1S/C22H23NO7/c1-3-23-20(24)15-11-16(21(25)26)18(28-2)17(14-9-10-29-12-14)19(15)30-22(27)13-7-5-4-6-8-13/h4-8,11,14H,3,9-10,12H2,1-2H3,(H,23,24)(H,25,26). The number of rotatable bonds is 7. The van der Waals surface area contributed by atoms with Gasteiger partial charge in [0.15, 0.2) is 5.75 Å². The Morgan fingerprint density at radius 3 is 2.47 bits per heavy atom. The number of carboxylic acids is 1. The van der Waals surface area contributed by atoms with Gasteiger partial charge in [0.05, 0.1) is 24.8 Å². The lowest BCUT2D eigenvalue weighted by Gasteiger charge is -2.22. The Labute approximate surface area is 173 Å². The smallest absolute Gasteiger partial charge is 0.343 e. The van der Waals surface area contributed by atoms with Crippen molar-refractivity contribution in [3.63, 3.8) is 0 Å². The molecule has 1 amide bonds. The Kier molecular flexibility index (Phi) is 6.68. The molecule has 0 bridgehead atoms. The van der Waals surface area contributed by atoms with E-state index >= 15 is 0 Å². The van der Waals surface area contributed by atoms with Gasteiger partial charge in [-0.1, -0.05) is 18.2 Å². The monoisotopic (exact) mass is 413 g/mol. The maximum atomic E-state index is 12.8. The molecule has 1 saturated heterocycles. The molecule has 2 aromatic carbocycles. The summed E-state index contributed by atoms with van der Waals surface area (Å²) >= 11 is 0. The van der Waals surface area contributed by atoms with E-state index < -0.39 is 17.8 Å². The maximum absolute atomic E-state index is 12.8. The Morgan fingerprint density at radius 1 is 1.17 bits per heavy atom. The highest BCUT2D eigenvalue weighted by atomic mass is 16.5. The second-order valence-corrected chi connectivity index (χ2v) is 6.73. The molecule has 1 atom stereocenters. The number of ether oxygens (including phenoxy) is 3. The lowest BCUT2D eigenvalue weighted by molar-refractivity contribution is 0.0692. The third kappa shape index (κ3) is 4.28. The number of esters is 1. The van der Waals surface area contributed by atoms with E-state index in [4.69, 9.17) is 14.2 Å². The summed E-state index contributed by atoms with van der Waals surface area (Å²) in [6, 6.07) is 9.52. The van der Waals surface area contributed by atoms with E-state index in [1.54, 1.807) is 37.3 Å². The number of amides is 1. The van der Waals surface area contributed by atoms with Gasteiger partial charge in [0.2, 0.25) is 0 Å². The molecule has 1 unspecified atom stereocenters. The van der Waals surface area contributed by atoms with Crippen molar-refractivity contribution in [1.29, 1.82) is 0 Å². The van der Waals surface area contributed by atoms with Gasteiger partial charge in [-0.2, -0.15) is 0 Å². The van der Waals surface area contributed by atoms with Gasteiger partial charge in [0.25, 0.3) is 5.91 Å². The number of hydrogen-bond acceptors (Lipinski definition) is 6. The highest BCUT2D eigenvalue weighted by Crippen LogP contribution is 2.44. The zero-order valence-corrected chi connectivity index (χ0v) is 16.8. The van der Waals surface area contributed by atoms with E-state index in [-0.39, 0.29) is 28.5 Å². The van der Waals surface area contributed by atoms with Crippen molar-refractivity contribution < 1.29 is 33.7 Å². The highest BCUT2D eigenvalue weighted by molar-refractivity contribution is 6.03. The first-order valence-corrected chi connectivity index (χ1v) is 9.59. The number of carbonyl (C=O) groups is 3. The van der Waals surface area contributed by atoms with Crippen LogP contribution in [0.1, 0.15) is 55.9 Å². The summed E-state index contributed by atoms with van der Waals surface area (Å²) in [6.07, 6.45) is 0.574. The van der Waals surface area contributed by atoms with Crippen LogP contribution in [-0.4, -0.2) is 49.8 Å². The van der Waals surface area contributed by atoms with Crippen LogP contribution in [0.4, 0.5) is 0 Å². The molecule has 0 aliphatic carbocycles. The van der Waals surface area contributed by atoms with Crippen LogP contribution in [-0.2, 0) is 4.74 Å². The molecule has 2 N–H and O–H groups in total. The molecule has 2 aromatic rings. The minimum Gasteiger partial charge on any atom is -0.495 e. The second kappa shape index (κ2) is 9.41. The molecule has 3 rings (SSSR count). The topological polar surface area (TPSA) is 111 Å². The molecule has 1 aliphatic rings. The van der Waals surface area contributed by atoms with Crippen molar-refractivity contribution in [2.75, 3.05) is 26.9 Å². The molecule has 1 aliphatic heterocycles. The summed E-state index contributed by atoms with van der Waals surface area (Å²) < 4.78 is 16.6. The lowest BCUT2D eigenvalue weighted by Crippen LogP contribution is -2.26. The van der Waals surface area contributed by atoms with Crippen LogP contribution in [0.15, 0.2) is 36.4 Å². The van der Waals surface area contributed by atoms with Crippen molar-refractivity contribution in [1.82, 2.24) is 5.32 Å². The van der Waals surface area contributed by atoms with Gasteiger partial charge in [-0.3, -0.25) is 4.79 Å². The molecule has 158 valence electrons. The zero-order chi connectivity index (χ0) is 21.7. The van der Waals surface area contributed by atoms with E-state index in [0.717, 1.165) is 0 Å². The van der Waals surface area contributed by atoms with Crippen LogP contribution >= 0.6 is 0 Å². The normalized spacial score (nSPS) is 15.5. The molecular formula is C22H23NO7. The minimum absolute atomic E-state index is 0.00727. The largest absolute Gasteiger partial charge is 0.495 e. The molecule has 0 aromatic heterocycles. The fourth-order valence-electron chi connectivity index (χ4n) is 3.44. The first-order chi connectivity index (χ1) is 14.5. The van der Waals surface area contributed by atoms with Gasteiger partial charge in [-0.25, -0.2) is 9.59 Å². The van der Waals surface area contributed by atoms with Gasteiger partial charge < -0.3 is 24.6 Å². The fraction of sp³-hybridized carbons (Fsp3) is 0.318. The lowest BCUT2D eigenvalue weighted by atomic mass is 9.91. The second-order valence-electron chi connectivity index (χ2n) is 6.73. The van der Waals surface area contributed by atoms with Crippen molar-refractivity contribution in [3.8, 4) is 11.5 Å². The molecular weight excluding hydrogens is 390 g/mol. The molecule has 0 saturated carbocycles. The fourth-order valence-corrected chi connectivity index (χ4v) is 3.44. The highest BCUT2D eigenvalue weighted by Gasteiger charge is 2.34. The summed E-state index contributed by atoms with van der Waals surface area (Å²) in [5.74, 6) is -2.69. The van der Waals surface area contributed by atoms with Crippen LogP contribution in [0.2, 0.25) is 0 Å². The Bertz CT molecular complexity index is 950. The molecule has 0 radical (unpaired) electrons. The van der Waals surface area contributed by atoms with Crippen LogP contribution in [0.3, 0.4) is 0 Å². The van der Waals surface area contributed by atoms with Crippen LogP contribution < -0.4 is 14.8 Å². The van der Waals surface area contributed by atoms with E-state index in [1.807, 2.05) is 0 Å². The van der Waals surface area contributed by atoms with Gasteiger partial charge in [0.1, 0.15) is 11.3 Å². The minimum atomic E-state index is -1.25. The molecule has 1 fully saturated rings. The summed E-state index contributed by atoms with van der Waals surface area (Å²) in [5.41, 5.74) is 0.427. The van der Waals surface area contributed by atoms with Crippen LogP contribution in [0.25, 0.3) is 0 Å². The van der Waals surface area contributed by atoms with Gasteiger partial charge in [-0.05, 0) is 31.5 Å². The molecule has 8 heteroatoms. The van der Waals surface area contributed by atoms with E-state index in [1.165, 1.54) is 13.2 Å². The van der Waals surface area contributed by atoms with Crippen LogP contribution in [0.5, 0.6) is 11.5 Å². The summed E-state index contributed by atoms with van der Waals surface area (Å²) in [6.45, 7) is 2.82. The number of methoxy groups -OCH3 is 1. The molecule has 8 nitrogen and oxygen atoms in total. The Balaban J connectivity index is 2.22. The van der Waals surface area contributed by atoms with E-state index in [0.29, 0.717) is 37.3 Å². The first-order valence-electron chi connectivity index (χ1n) is 9.59. The van der Waals surface area contributed by atoms with E-state index in [2.05, 4.69) is 5.32 Å². The van der Waals surface area contributed by atoms with Gasteiger partial charge in [-0.15, -0.1) is 0 Å². The molecule has 30 heavy (non-hydrogen) atoms. The predicted molar refractivity (Wildman–Crippen MR) is 108 cm³/mol. The zero-order valence-electron chi connectivity index (χ0n) is 16.8. The van der Waals surface area contributed by atoms with E-state index in [9.17, 15) is 19.5 Å². The Hall–Kier alpha value is -3.39. The van der Waals surface area contributed by atoms with Crippen molar-refractivity contribution in [2.45, 2.75) is 19.3 Å². The number of carbonyl (C=O) groups excluding carboxylic acids is 2. The predicted octanol–water partition coefficient (Wildman–Crippen LogP) is 2.87. The number of aromatic carboxylic acids is 1. The summed E-state index contributed by atoms with van der Waals surface area (Å²) in [4.78, 5) is 37.4. The van der Waals surface area contributed by atoms with Crippen molar-refractivity contribution in [2.24, 2.45) is 0 Å². The molecule has 0 spiro atoms. The summed E-state index contributed by atoms with van der Waals surface area (Å²) in [7, 11) is 1.34. The number of nitrogens with one attached hydrogen (secondary N) is 1. The maximum Gasteiger partial charge on any atom is 0.343 e. The van der Waals surface area contributed by atoms with Gasteiger partial charge >= 0.3 is 11.9 Å². The van der Waals surface area contributed by atoms with Crippen molar-refractivity contribution >= 4 is 17.8 Å². The molecule has 1 heterocycles. The average Bonchev–Trinajstić information content (AvgIpc) is 3.28. The van der Waals surface area contributed by atoms with Crippen LogP contribution in [0, 0.1) is 0 Å². The number of benzene rings is 2. The summed E-state index contributed by atoms with van der Waals surface area (Å²) in [5, 5.41) is 12.3. The Morgan fingerprint density at radius 2 is 1.90 bits per heavy atom. The quantitative estimate of drug-likeness (QED) is 0.530. The van der Waals surface area contributed by atoms with Crippen molar-refractivity contribution in [3.05, 3.63) is 58.7 Å². The first kappa shape index (κ1) is 21.3. The third-order valence-corrected chi connectivity index (χ3v) is 4.83. The average molecular weight is 413 g/mol.